The zero-order valence-electron chi connectivity index (χ0n) is 18.7. The van der Waals surface area contributed by atoms with Gasteiger partial charge in [0.15, 0.2) is 0 Å². The van der Waals surface area contributed by atoms with Gasteiger partial charge in [0, 0.05) is 24.1 Å². The van der Waals surface area contributed by atoms with E-state index >= 15 is 0 Å². The maximum Gasteiger partial charge on any atom is 0.223 e. The number of hydrogen-bond acceptors (Lipinski definition) is 2. The maximum atomic E-state index is 13.3. The number of halogens is 1. The molecule has 0 aliphatic carbocycles. The lowest BCUT2D eigenvalue weighted by molar-refractivity contribution is -0.126. The van der Waals surface area contributed by atoms with Gasteiger partial charge in [0.1, 0.15) is 5.82 Å². The topological polar surface area (TPSA) is 32.3 Å². The molecule has 1 fully saturated rings. The van der Waals surface area contributed by atoms with Gasteiger partial charge in [-0.1, -0.05) is 48.4 Å². The van der Waals surface area contributed by atoms with Crippen molar-refractivity contribution < 1.29 is 9.18 Å². The molecule has 1 aliphatic rings. The number of likely N-dealkylation sites (tertiary alicyclic amines) is 1. The number of carbonyl (C=O) groups is 1. The molecule has 3 nitrogen and oxygen atoms in total. The van der Waals surface area contributed by atoms with Gasteiger partial charge < -0.3 is 5.32 Å². The van der Waals surface area contributed by atoms with Crippen LogP contribution >= 0.6 is 0 Å². The number of hydrogen-bond donors (Lipinski definition) is 1. The summed E-state index contributed by atoms with van der Waals surface area (Å²) in [5.74, 6) is 6.02. The lowest BCUT2D eigenvalue weighted by Crippen LogP contribution is -2.41. The number of nitrogens with zero attached hydrogens (tertiary/aromatic N) is 1. The van der Waals surface area contributed by atoms with Gasteiger partial charge >= 0.3 is 0 Å². The second kappa shape index (κ2) is 9.97. The summed E-state index contributed by atoms with van der Waals surface area (Å²) < 4.78 is 13.3. The van der Waals surface area contributed by atoms with Gasteiger partial charge in [-0.05, 0) is 79.9 Å². The van der Waals surface area contributed by atoms with E-state index in [0.29, 0.717) is 6.54 Å². The molecule has 1 N–H and O–H groups in total. The largest absolute Gasteiger partial charge is 0.352 e. The first-order valence-electron chi connectivity index (χ1n) is 11.3. The summed E-state index contributed by atoms with van der Waals surface area (Å²) in [6.45, 7) is 6.24. The Hall–Kier alpha value is -3.16. The second-order valence-electron chi connectivity index (χ2n) is 8.46. The van der Waals surface area contributed by atoms with E-state index in [0.717, 1.165) is 37.1 Å². The van der Waals surface area contributed by atoms with E-state index in [1.807, 2.05) is 13.0 Å². The summed E-state index contributed by atoms with van der Waals surface area (Å²) in [4.78, 5) is 15.1. The Bertz CT molecular complexity index is 1170. The minimum absolute atomic E-state index is 0.00552. The summed E-state index contributed by atoms with van der Waals surface area (Å²) in [6.07, 6.45) is 1.66. The molecule has 3 aromatic carbocycles. The molecule has 3 aromatic rings. The van der Waals surface area contributed by atoms with Crippen molar-refractivity contribution in [2.24, 2.45) is 5.92 Å². The molecule has 1 heterocycles. The number of fused-ring (bicyclic) bond motifs is 1. The Kier molecular flexibility index (Phi) is 6.87. The van der Waals surface area contributed by atoms with Gasteiger partial charge in [0.25, 0.3) is 0 Å². The summed E-state index contributed by atoms with van der Waals surface area (Å²) >= 11 is 0. The Labute approximate surface area is 189 Å². The second-order valence-corrected chi connectivity index (χ2v) is 8.46. The molecule has 1 unspecified atom stereocenters. The lowest BCUT2D eigenvalue weighted by Gasteiger charge is -2.36. The van der Waals surface area contributed by atoms with Gasteiger partial charge in [0.05, 0.1) is 0 Å². The molecule has 0 spiro atoms. The van der Waals surface area contributed by atoms with Gasteiger partial charge in [-0.3, -0.25) is 9.69 Å². The van der Waals surface area contributed by atoms with Crippen molar-refractivity contribution in [1.82, 2.24) is 10.2 Å². The monoisotopic (exact) mass is 428 g/mol. The predicted molar refractivity (Wildman–Crippen MR) is 127 cm³/mol. The number of benzene rings is 3. The molecule has 32 heavy (non-hydrogen) atoms. The fraction of sp³-hybridized carbons (Fsp3) is 0.321. The van der Waals surface area contributed by atoms with Crippen LogP contribution in [-0.4, -0.2) is 23.9 Å². The van der Waals surface area contributed by atoms with Crippen LogP contribution < -0.4 is 5.32 Å². The molecule has 0 radical (unpaired) electrons. The van der Waals surface area contributed by atoms with E-state index in [1.54, 1.807) is 6.07 Å². The molecule has 164 valence electrons. The van der Waals surface area contributed by atoms with Gasteiger partial charge in [-0.25, -0.2) is 4.39 Å². The highest BCUT2D eigenvalue weighted by Crippen LogP contribution is 2.32. The van der Waals surface area contributed by atoms with Gasteiger partial charge in [-0.2, -0.15) is 0 Å². The SMILES string of the molecule is CC#Cc1ccc(C(C)N2CCC(C(=O)NCc3cccc(F)c3)CC2)c2ccccc12. The molecule has 4 heteroatoms. The summed E-state index contributed by atoms with van der Waals surface area (Å²) in [5.41, 5.74) is 3.15. The third kappa shape index (κ3) is 4.84. The maximum absolute atomic E-state index is 13.3. The molecular weight excluding hydrogens is 399 g/mol. The standard InChI is InChI=1S/C28H29FN2O/c1-3-7-22-12-13-25(27-11-5-4-10-26(22)27)20(2)31-16-14-23(15-17-31)28(32)30-19-21-8-6-9-24(29)18-21/h4-6,8-13,18,20,23H,14-17,19H2,1-2H3,(H,30,32). The summed E-state index contributed by atoms with van der Waals surface area (Å²) in [5, 5.41) is 5.41. The lowest BCUT2D eigenvalue weighted by atomic mass is 9.91. The number of piperidine rings is 1. The number of nitrogens with one attached hydrogen (secondary N) is 1. The van der Waals surface area contributed by atoms with E-state index in [2.05, 4.69) is 65.4 Å². The summed E-state index contributed by atoms with van der Waals surface area (Å²) in [6, 6.07) is 19.4. The van der Waals surface area contributed by atoms with Crippen molar-refractivity contribution in [3.8, 4) is 11.8 Å². The van der Waals surface area contributed by atoms with Crippen LogP contribution in [0.25, 0.3) is 10.8 Å². The molecular formula is C28H29FN2O. The summed E-state index contributed by atoms with van der Waals surface area (Å²) in [7, 11) is 0. The fourth-order valence-corrected chi connectivity index (χ4v) is 4.66. The van der Waals surface area contributed by atoms with Crippen molar-refractivity contribution in [2.75, 3.05) is 13.1 Å². The molecule has 1 amide bonds. The van der Waals surface area contributed by atoms with Crippen molar-refractivity contribution in [2.45, 2.75) is 39.3 Å². The van der Waals surface area contributed by atoms with Crippen molar-refractivity contribution >= 4 is 16.7 Å². The quantitative estimate of drug-likeness (QED) is 0.549. The number of carbonyl (C=O) groups excluding carboxylic acids is 1. The Morgan fingerprint density at radius 2 is 1.84 bits per heavy atom. The first kappa shape index (κ1) is 22.0. The first-order chi connectivity index (χ1) is 15.6. The van der Waals surface area contributed by atoms with Crippen LogP contribution in [0.1, 0.15) is 49.4 Å². The van der Waals surface area contributed by atoms with Crippen LogP contribution in [0.15, 0.2) is 60.7 Å². The average molecular weight is 429 g/mol. The van der Waals surface area contributed by atoms with Crippen LogP contribution in [0.3, 0.4) is 0 Å². The van der Waals surface area contributed by atoms with Crippen molar-refractivity contribution in [3.63, 3.8) is 0 Å². The van der Waals surface area contributed by atoms with E-state index < -0.39 is 0 Å². The van der Waals surface area contributed by atoms with E-state index in [4.69, 9.17) is 0 Å². The highest BCUT2D eigenvalue weighted by atomic mass is 19.1. The third-order valence-electron chi connectivity index (χ3n) is 6.47. The Balaban J connectivity index is 1.39. The third-order valence-corrected chi connectivity index (χ3v) is 6.47. The van der Waals surface area contributed by atoms with E-state index in [-0.39, 0.29) is 23.7 Å². The molecule has 0 bridgehead atoms. The van der Waals surface area contributed by atoms with Crippen LogP contribution in [0, 0.1) is 23.6 Å². The van der Waals surface area contributed by atoms with E-state index in [1.165, 1.54) is 28.5 Å². The minimum atomic E-state index is -0.277. The zero-order valence-corrected chi connectivity index (χ0v) is 18.7. The predicted octanol–water partition coefficient (Wildman–Crippen LogP) is 5.44. The molecule has 4 rings (SSSR count). The zero-order chi connectivity index (χ0) is 22.5. The molecule has 1 aliphatic heterocycles. The highest BCUT2D eigenvalue weighted by Gasteiger charge is 2.28. The van der Waals surface area contributed by atoms with Crippen LogP contribution in [0.2, 0.25) is 0 Å². The van der Waals surface area contributed by atoms with Crippen molar-refractivity contribution in [1.29, 1.82) is 0 Å². The van der Waals surface area contributed by atoms with E-state index in [9.17, 15) is 9.18 Å². The van der Waals surface area contributed by atoms with Gasteiger partial charge in [-0.15, -0.1) is 5.92 Å². The number of rotatable bonds is 5. The van der Waals surface area contributed by atoms with Crippen LogP contribution in [0.5, 0.6) is 0 Å². The van der Waals surface area contributed by atoms with Gasteiger partial charge in [0.2, 0.25) is 5.91 Å². The molecule has 1 atom stereocenters. The molecule has 1 saturated heterocycles. The fourth-order valence-electron chi connectivity index (χ4n) is 4.66. The first-order valence-corrected chi connectivity index (χ1v) is 11.3. The normalized spacial score (nSPS) is 15.7. The van der Waals surface area contributed by atoms with Crippen LogP contribution in [0.4, 0.5) is 4.39 Å². The Morgan fingerprint density at radius 3 is 2.56 bits per heavy atom. The van der Waals surface area contributed by atoms with Crippen LogP contribution in [-0.2, 0) is 11.3 Å². The Morgan fingerprint density at radius 1 is 1.09 bits per heavy atom. The smallest absolute Gasteiger partial charge is 0.223 e. The number of amides is 1. The average Bonchev–Trinajstić information content (AvgIpc) is 2.83. The molecule has 0 saturated carbocycles. The van der Waals surface area contributed by atoms with Crippen molar-refractivity contribution in [3.05, 3.63) is 83.2 Å². The minimum Gasteiger partial charge on any atom is -0.352 e. The molecule has 0 aromatic heterocycles. The highest BCUT2D eigenvalue weighted by molar-refractivity contribution is 5.91.